The van der Waals surface area contributed by atoms with Crippen LogP contribution in [0.25, 0.3) is 0 Å². The number of halogens is 4. The molecule has 0 saturated carbocycles. The van der Waals surface area contributed by atoms with E-state index in [1.807, 2.05) is 6.92 Å². The van der Waals surface area contributed by atoms with E-state index in [9.17, 15) is 9.18 Å². The number of hydrogen-bond donors (Lipinski definition) is 1. The maximum absolute atomic E-state index is 13.7. The number of nitrogens with one attached hydrogen (secondary N) is 1. The molecule has 0 aliphatic rings. The third kappa shape index (κ3) is 3.40. The van der Waals surface area contributed by atoms with Crippen LogP contribution in [0.5, 0.6) is 0 Å². The Bertz CT molecular complexity index is 691. The summed E-state index contributed by atoms with van der Waals surface area (Å²) in [6.07, 6.45) is 0. The average Bonchev–Trinajstić information content (AvgIpc) is 2.35. The van der Waals surface area contributed by atoms with Gasteiger partial charge in [-0.25, -0.2) is 4.39 Å². The standard InChI is InChI=1S/C14H9Br2ClFNO/c1-7-4-10(16)13(6-11(7)17)19-14(20)9-3-2-8(15)5-12(9)18/h2-6H,1H3,(H,19,20). The SMILES string of the molecule is Cc1cc(Br)c(NC(=O)c2ccc(Br)cc2F)cc1Cl. The molecule has 0 unspecified atom stereocenters. The average molecular weight is 421 g/mol. The van der Waals surface area contributed by atoms with Gasteiger partial charge in [0.2, 0.25) is 0 Å². The van der Waals surface area contributed by atoms with Gasteiger partial charge >= 0.3 is 0 Å². The summed E-state index contributed by atoms with van der Waals surface area (Å²) in [5, 5.41) is 3.16. The summed E-state index contributed by atoms with van der Waals surface area (Å²) in [7, 11) is 0. The number of rotatable bonds is 2. The molecule has 20 heavy (non-hydrogen) atoms. The highest BCUT2D eigenvalue weighted by molar-refractivity contribution is 9.10. The summed E-state index contributed by atoms with van der Waals surface area (Å²) in [5.41, 5.74) is 1.34. The minimum atomic E-state index is -0.591. The normalized spacial score (nSPS) is 10.4. The monoisotopic (exact) mass is 419 g/mol. The van der Waals surface area contributed by atoms with E-state index in [-0.39, 0.29) is 5.56 Å². The van der Waals surface area contributed by atoms with Gasteiger partial charge in [-0.05, 0) is 58.7 Å². The molecule has 0 aromatic heterocycles. The van der Waals surface area contributed by atoms with Crippen LogP contribution in [0.15, 0.2) is 39.3 Å². The fourth-order valence-corrected chi connectivity index (χ4v) is 2.66. The van der Waals surface area contributed by atoms with Gasteiger partial charge in [-0.2, -0.15) is 0 Å². The summed E-state index contributed by atoms with van der Waals surface area (Å²) in [6.45, 7) is 1.85. The van der Waals surface area contributed by atoms with Crippen molar-refractivity contribution in [3.05, 3.63) is 61.2 Å². The quantitative estimate of drug-likeness (QED) is 0.675. The molecule has 1 N–H and O–H groups in total. The number of aryl methyl sites for hydroxylation is 1. The van der Waals surface area contributed by atoms with Crippen LogP contribution in [-0.2, 0) is 0 Å². The summed E-state index contributed by atoms with van der Waals surface area (Å²) in [5.74, 6) is -1.12. The van der Waals surface area contributed by atoms with Gasteiger partial charge in [0.15, 0.2) is 0 Å². The van der Waals surface area contributed by atoms with E-state index in [0.29, 0.717) is 19.7 Å². The molecule has 2 rings (SSSR count). The first-order valence-corrected chi connectivity index (χ1v) is 7.57. The molecule has 1 amide bonds. The van der Waals surface area contributed by atoms with Gasteiger partial charge in [0.25, 0.3) is 5.91 Å². The molecule has 0 atom stereocenters. The molecule has 6 heteroatoms. The van der Waals surface area contributed by atoms with E-state index in [0.717, 1.165) is 5.56 Å². The molecule has 0 radical (unpaired) electrons. The Hall–Kier alpha value is -0.910. The second-order valence-electron chi connectivity index (χ2n) is 4.16. The van der Waals surface area contributed by atoms with E-state index < -0.39 is 11.7 Å². The van der Waals surface area contributed by atoms with Gasteiger partial charge in [0.05, 0.1) is 11.3 Å². The van der Waals surface area contributed by atoms with Crippen molar-refractivity contribution in [2.24, 2.45) is 0 Å². The number of anilines is 1. The Morgan fingerprint density at radius 3 is 2.60 bits per heavy atom. The highest BCUT2D eigenvalue weighted by Crippen LogP contribution is 2.29. The summed E-state index contributed by atoms with van der Waals surface area (Å²) >= 11 is 12.5. The van der Waals surface area contributed by atoms with Gasteiger partial charge in [-0.15, -0.1) is 0 Å². The number of hydrogen-bond acceptors (Lipinski definition) is 1. The fourth-order valence-electron chi connectivity index (χ4n) is 1.61. The van der Waals surface area contributed by atoms with Crippen LogP contribution in [-0.4, -0.2) is 5.91 Å². The molecule has 0 bridgehead atoms. The fraction of sp³-hybridized carbons (Fsp3) is 0.0714. The van der Waals surface area contributed by atoms with Gasteiger partial charge in [0.1, 0.15) is 5.82 Å². The first-order valence-electron chi connectivity index (χ1n) is 5.60. The highest BCUT2D eigenvalue weighted by atomic mass is 79.9. The van der Waals surface area contributed by atoms with Crippen molar-refractivity contribution in [1.29, 1.82) is 0 Å². The Kier molecular flexibility index (Phi) is 4.83. The Morgan fingerprint density at radius 1 is 1.25 bits per heavy atom. The van der Waals surface area contributed by atoms with Crippen molar-refractivity contribution in [3.8, 4) is 0 Å². The highest BCUT2D eigenvalue weighted by Gasteiger charge is 2.14. The first-order chi connectivity index (χ1) is 9.38. The van der Waals surface area contributed by atoms with Crippen LogP contribution >= 0.6 is 43.5 Å². The Balaban J connectivity index is 2.30. The molecule has 0 fully saturated rings. The number of carbonyl (C=O) groups is 1. The zero-order valence-corrected chi connectivity index (χ0v) is 14.2. The lowest BCUT2D eigenvalue weighted by Crippen LogP contribution is -2.14. The first kappa shape index (κ1) is 15.5. The van der Waals surface area contributed by atoms with E-state index in [1.54, 1.807) is 18.2 Å². The maximum Gasteiger partial charge on any atom is 0.258 e. The van der Waals surface area contributed by atoms with Crippen LogP contribution in [0.1, 0.15) is 15.9 Å². The zero-order chi connectivity index (χ0) is 14.9. The molecule has 0 aliphatic heterocycles. The van der Waals surface area contributed by atoms with Crippen molar-refractivity contribution in [3.63, 3.8) is 0 Å². The zero-order valence-electron chi connectivity index (χ0n) is 10.3. The predicted octanol–water partition coefficient (Wildman–Crippen LogP) is 5.56. The largest absolute Gasteiger partial charge is 0.321 e. The third-order valence-corrected chi connectivity index (χ3v) is 4.23. The van der Waals surface area contributed by atoms with Crippen molar-refractivity contribution < 1.29 is 9.18 Å². The lowest BCUT2D eigenvalue weighted by Gasteiger charge is -2.10. The second-order valence-corrected chi connectivity index (χ2v) is 6.34. The topological polar surface area (TPSA) is 29.1 Å². The van der Waals surface area contributed by atoms with Crippen LogP contribution in [0, 0.1) is 12.7 Å². The van der Waals surface area contributed by atoms with Crippen molar-refractivity contribution in [1.82, 2.24) is 0 Å². The molecule has 104 valence electrons. The van der Waals surface area contributed by atoms with E-state index >= 15 is 0 Å². The smallest absolute Gasteiger partial charge is 0.258 e. The third-order valence-electron chi connectivity index (χ3n) is 2.67. The molecule has 0 saturated heterocycles. The lowest BCUT2D eigenvalue weighted by atomic mass is 10.2. The molecule has 0 aliphatic carbocycles. The molecule has 2 aromatic carbocycles. The molecular weight excluding hydrogens is 412 g/mol. The van der Waals surface area contributed by atoms with Crippen molar-refractivity contribution in [2.45, 2.75) is 6.92 Å². The summed E-state index contributed by atoms with van der Waals surface area (Å²) in [4.78, 5) is 12.1. The van der Waals surface area contributed by atoms with Gasteiger partial charge in [0, 0.05) is 14.0 Å². The maximum atomic E-state index is 13.7. The number of benzene rings is 2. The summed E-state index contributed by atoms with van der Waals surface area (Å²) in [6, 6.07) is 7.67. The van der Waals surface area contributed by atoms with Gasteiger partial charge < -0.3 is 5.32 Å². The number of carbonyl (C=O) groups excluding carboxylic acids is 1. The van der Waals surface area contributed by atoms with E-state index in [1.165, 1.54) is 12.1 Å². The van der Waals surface area contributed by atoms with Crippen molar-refractivity contribution in [2.75, 3.05) is 5.32 Å². The van der Waals surface area contributed by atoms with Crippen LogP contribution < -0.4 is 5.32 Å². The van der Waals surface area contributed by atoms with Crippen LogP contribution in [0.3, 0.4) is 0 Å². The lowest BCUT2D eigenvalue weighted by molar-refractivity contribution is 0.102. The Labute approximate surface area is 137 Å². The van der Waals surface area contributed by atoms with Crippen molar-refractivity contribution >= 4 is 55.1 Å². The molecule has 2 aromatic rings. The molecular formula is C14H9Br2ClFNO. The van der Waals surface area contributed by atoms with Gasteiger partial charge in [-0.1, -0.05) is 27.5 Å². The van der Waals surface area contributed by atoms with E-state index in [2.05, 4.69) is 37.2 Å². The van der Waals surface area contributed by atoms with Gasteiger partial charge in [-0.3, -0.25) is 4.79 Å². The summed E-state index contributed by atoms with van der Waals surface area (Å²) < 4.78 is 15.0. The van der Waals surface area contributed by atoms with Crippen LogP contribution in [0.2, 0.25) is 5.02 Å². The second kappa shape index (κ2) is 6.24. The molecule has 0 heterocycles. The molecule has 2 nitrogen and oxygen atoms in total. The number of amides is 1. The van der Waals surface area contributed by atoms with Crippen LogP contribution in [0.4, 0.5) is 10.1 Å². The predicted molar refractivity (Wildman–Crippen MR) is 85.9 cm³/mol. The molecule has 0 spiro atoms. The minimum Gasteiger partial charge on any atom is -0.321 e. The Morgan fingerprint density at radius 2 is 1.95 bits per heavy atom. The minimum absolute atomic E-state index is 0.0307. The van der Waals surface area contributed by atoms with E-state index in [4.69, 9.17) is 11.6 Å².